The van der Waals surface area contributed by atoms with Gasteiger partial charge in [0.05, 0.1) is 0 Å². The van der Waals surface area contributed by atoms with E-state index < -0.39 is 6.61 Å². The predicted octanol–water partition coefficient (Wildman–Crippen LogP) is 4.44. The lowest BCUT2D eigenvalue weighted by atomic mass is 10.0. The molecular weight excluding hydrogens is 222 g/mol. The first-order valence-corrected chi connectivity index (χ1v) is 5.82. The highest BCUT2D eigenvalue weighted by molar-refractivity contribution is 5.44. The highest BCUT2D eigenvalue weighted by Crippen LogP contribution is 2.74. The molecule has 0 amide bonds. The van der Waals surface area contributed by atoms with E-state index in [1.165, 1.54) is 0 Å². The summed E-state index contributed by atoms with van der Waals surface area (Å²) in [6.45, 7) is 5.89. The molecule has 1 fully saturated rings. The van der Waals surface area contributed by atoms with Gasteiger partial charge < -0.3 is 4.74 Å². The maximum Gasteiger partial charge on any atom is 0.387 e. The largest absolute Gasteiger partial charge is 0.435 e. The van der Waals surface area contributed by atoms with Crippen LogP contribution in [0.4, 0.5) is 8.78 Å². The highest BCUT2D eigenvalue weighted by atomic mass is 19.3. The van der Waals surface area contributed by atoms with E-state index in [0.29, 0.717) is 5.75 Å². The first kappa shape index (κ1) is 12.3. The fraction of sp³-hybridized carbons (Fsp3) is 0.571. The van der Waals surface area contributed by atoms with Crippen LogP contribution >= 0.6 is 0 Å². The molecule has 0 heterocycles. The van der Waals surface area contributed by atoms with Crippen LogP contribution in [-0.4, -0.2) is 6.61 Å². The maximum absolute atomic E-state index is 12.3. The lowest BCUT2D eigenvalue weighted by molar-refractivity contribution is -0.0505. The standard InChI is InChI=1S/C14H18F2O/c1-13(2)11(14(13,3)4)9-7-5-6-8-10(9)17-12(15)16/h5-8,11-12H,1-4H3. The number of ether oxygens (including phenoxy) is 1. The summed E-state index contributed by atoms with van der Waals surface area (Å²) in [5.41, 5.74) is 1.13. The second kappa shape index (κ2) is 3.69. The fourth-order valence-corrected chi connectivity index (χ4v) is 2.90. The molecule has 2 rings (SSSR count). The zero-order valence-electron chi connectivity index (χ0n) is 10.6. The van der Waals surface area contributed by atoms with Gasteiger partial charge in [-0.15, -0.1) is 0 Å². The van der Waals surface area contributed by atoms with Crippen LogP contribution in [0.25, 0.3) is 0 Å². The molecule has 0 N–H and O–H groups in total. The van der Waals surface area contributed by atoms with Gasteiger partial charge in [0, 0.05) is 0 Å². The van der Waals surface area contributed by atoms with Gasteiger partial charge in [-0.25, -0.2) is 0 Å². The lowest BCUT2D eigenvalue weighted by Gasteiger charge is -2.11. The number of halogens is 2. The molecule has 0 saturated heterocycles. The van der Waals surface area contributed by atoms with Crippen LogP contribution in [0.15, 0.2) is 24.3 Å². The van der Waals surface area contributed by atoms with Gasteiger partial charge in [0.25, 0.3) is 0 Å². The van der Waals surface area contributed by atoms with Crippen molar-refractivity contribution in [2.75, 3.05) is 0 Å². The van der Waals surface area contributed by atoms with Crippen LogP contribution in [0, 0.1) is 10.8 Å². The molecule has 1 aromatic carbocycles. The number of hydrogen-bond acceptors (Lipinski definition) is 1. The lowest BCUT2D eigenvalue weighted by Crippen LogP contribution is -2.05. The summed E-state index contributed by atoms with van der Waals surface area (Å²) < 4.78 is 29.3. The predicted molar refractivity (Wildman–Crippen MR) is 63.4 cm³/mol. The molecule has 1 aliphatic carbocycles. The average Bonchev–Trinajstić information content (AvgIpc) is 2.58. The zero-order chi connectivity index (χ0) is 12.8. The van der Waals surface area contributed by atoms with E-state index in [0.717, 1.165) is 5.56 Å². The minimum absolute atomic E-state index is 0.120. The van der Waals surface area contributed by atoms with Crippen LogP contribution in [0.3, 0.4) is 0 Å². The fourth-order valence-electron chi connectivity index (χ4n) is 2.90. The Hall–Kier alpha value is -1.12. The summed E-state index contributed by atoms with van der Waals surface area (Å²) in [6, 6.07) is 7.10. The van der Waals surface area contributed by atoms with Gasteiger partial charge in [0.2, 0.25) is 0 Å². The van der Waals surface area contributed by atoms with E-state index in [1.807, 2.05) is 12.1 Å². The van der Waals surface area contributed by atoms with Crippen LogP contribution in [-0.2, 0) is 0 Å². The summed E-state index contributed by atoms with van der Waals surface area (Å²) in [5, 5.41) is 0. The maximum atomic E-state index is 12.3. The molecule has 0 atom stereocenters. The number of alkyl halides is 2. The van der Waals surface area contributed by atoms with Gasteiger partial charge in [-0.2, -0.15) is 8.78 Å². The van der Waals surface area contributed by atoms with Gasteiger partial charge in [0.15, 0.2) is 0 Å². The molecule has 17 heavy (non-hydrogen) atoms. The molecule has 1 aliphatic rings. The van der Waals surface area contributed by atoms with Crippen molar-refractivity contribution >= 4 is 0 Å². The Morgan fingerprint density at radius 2 is 1.59 bits per heavy atom. The molecule has 1 nitrogen and oxygen atoms in total. The Labute approximate surface area is 101 Å². The van der Waals surface area contributed by atoms with Crippen LogP contribution < -0.4 is 4.74 Å². The number of hydrogen-bond donors (Lipinski definition) is 0. The second-order valence-electron chi connectivity index (χ2n) is 5.79. The Balaban J connectivity index is 2.35. The molecule has 1 aromatic rings. The van der Waals surface area contributed by atoms with Gasteiger partial charge in [-0.1, -0.05) is 45.9 Å². The van der Waals surface area contributed by atoms with Crippen LogP contribution in [0.5, 0.6) is 5.75 Å². The summed E-state index contributed by atoms with van der Waals surface area (Å²) in [5.74, 6) is 0.580. The summed E-state index contributed by atoms with van der Waals surface area (Å²) in [7, 11) is 0. The Kier molecular flexibility index (Phi) is 2.68. The van der Waals surface area contributed by atoms with Gasteiger partial charge in [-0.3, -0.25) is 0 Å². The topological polar surface area (TPSA) is 9.23 Å². The van der Waals surface area contributed by atoms with Crippen molar-refractivity contribution in [3.63, 3.8) is 0 Å². The van der Waals surface area contributed by atoms with Crippen molar-refractivity contribution in [1.29, 1.82) is 0 Å². The molecule has 0 spiro atoms. The molecule has 94 valence electrons. The average molecular weight is 240 g/mol. The van der Waals surface area contributed by atoms with Crippen molar-refractivity contribution in [1.82, 2.24) is 0 Å². The first-order valence-electron chi connectivity index (χ1n) is 5.82. The second-order valence-corrected chi connectivity index (χ2v) is 5.79. The monoisotopic (exact) mass is 240 g/mol. The zero-order valence-corrected chi connectivity index (χ0v) is 10.6. The minimum atomic E-state index is -2.76. The minimum Gasteiger partial charge on any atom is -0.435 e. The molecule has 0 bridgehead atoms. The van der Waals surface area contributed by atoms with Crippen molar-refractivity contribution in [3.8, 4) is 5.75 Å². The van der Waals surface area contributed by atoms with Crippen molar-refractivity contribution in [3.05, 3.63) is 29.8 Å². The summed E-state index contributed by atoms with van der Waals surface area (Å²) >= 11 is 0. The van der Waals surface area contributed by atoms with E-state index >= 15 is 0 Å². The normalized spacial score (nSPS) is 21.6. The van der Waals surface area contributed by atoms with Crippen LogP contribution in [0.1, 0.15) is 39.2 Å². The summed E-state index contributed by atoms with van der Waals surface area (Å²) in [4.78, 5) is 0. The molecule has 0 aliphatic heterocycles. The number of benzene rings is 1. The number of rotatable bonds is 3. The summed E-state index contributed by atoms with van der Waals surface area (Å²) in [6.07, 6.45) is 0. The van der Waals surface area contributed by atoms with Gasteiger partial charge in [0.1, 0.15) is 5.75 Å². The molecule has 0 radical (unpaired) electrons. The van der Waals surface area contributed by atoms with Gasteiger partial charge in [-0.05, 0) is 28.4 Å². The first-order chi connectivity index (χ1) is 7.78. The SMILES string of the molecule is CC1(C)C(c2ccccc2OC(F)F)C1(C)C. The third kappa shape index (κ3) is 1.81. The van der Waals surface area contributed by atoms with Crippen molar-refractivity contribution in [2.24, 2.45) is 10.8 Å². The van der Waals surface area contributed by atoms with E-state index in [9.17, 15) is 8.78 Å². The quantitative estimate of drug-likeness (QED) is 0.759. The van der Waals surface area contributed by atoms with Crippen molar-refractivity contribution in [2.45, 2.75) is 40.2 Å². The van der Waals surface area contributed by atoms with Crippen LogP contribution in [0.2, 0.25) is 0 Å². The third-order valence-corrected chi connectivity index (χ3v) is 4.47. The van der Waals surface area contributed by atoms with E-state index in [1.54, 1.807) is 12.1 Å². The molecule has 3 heteroatoms. The Morgan fingerprint density at radius 3 is 2.06 bits per heavy atom. The highest BCUT2D eigenvalue weighted by Gasteiger charge is 2.65. The van der Waals surface area contributed by atoms with Gasteiger partial charge >= 0.3 is 6.61 Å². The molecule has 0 aromatic heterocycles. The van der Waals surface area contributed by atoms with E-state index in [2.05, 4.69) is 32.4 Å². The molecular formula is C14H18F2O. The van der Waals surface area contributed by atoms with E-state index in [4.69, 9.17) is 0 Å². The van der Waals surface area contributed by atoms with E-state index in [-0.39, 0.29) is 16.7 Å². The molecule has 1 saturated carbocycles. The Bertz CT molecular complexity index is 410. The van der Waals surface area contributed by atoms with Crippen molar-refractivity contribution < 1.29 is 13.5 Å². The molecule has 0 unspecified atom stereocenters. The third-order valence-electron chi connectivity index (χ3n) is 4.47. The number of para-hydroxylation sites is 1. The smallest absolute Gasteiger partial charge is 0.387 e. The Morgan fingerprint density at radius 1 is 1.06 bits per heavy atom.